The molecule has 0 saturated heterocycles. The van der Waals surface area contributed by atoms with Gasteiger partial charge in [-0.15, -0.1) is 0 Å². The topological polar surface area (TPSA) is 18.5 Å². The summed E-state index contributed by atoms with van der Waals surface area (Å²) >= 11 is 5.39. The van der Waals surface area contributed by atoms with Gasteiger partial charge < -0.3 is 9.47 Å². The molecule has 0 aromatic heterocycles. The van der Waals surface area contributed by atoms with Gasteiger partial charge in [0.25, 0.3) is 0 Å². The summed E-state index contributed by atoms with van der Waals surface area (Å²) < 4.78 is 12.4. The van der Waals surface area contributed by atoms with E-state index in [0.717, 1.165) is 27.6 Å². The molecule has 0 fully saturated rings. The Labute approximate surface area is 181 Å². The van der Waals surface area contributed by atoms with Crippen molar-refractivity contribution in [3.05, 3.63) is 103 Å². The van der Waals surface area contributed by atoms with Gasteiger partial charge in [0.15, 0.2) is 0 Å². The first-order chi connectivity index (χ1) is 14.8. The van der Waals surface area contributed by atoms with Gasteiger partial charge in [-0.1, -0.05) is 78.5 Å². The zero-order valence-corrected chi connectivity index (χ0v) is 17.7. The molecule has 0 radical (unpaired) electrons. The maximum absolute atomic E-state index is 6.20. The fraction of sp³-hybridized carbons (Fsp3) is 0. The number of hydrogen-bond acceptors (Lipinski definition) is 3. The fourth-order valence-corrected chi connectivity index (χ4v) is 4.43. The van der Waals surface area contributed by atoms with Crippen molar-refractivity contribution >= 4 is 46.0 Å². The molecule has 0 aliphatic carbocycles. The molecule has 0 heterocycles. The monoisotopic (exact) mass is 424 g/mol. The Morgan fingerprint density at radius 1 is 0.500 bits per heavy atom. The number of rotatable bonds is 5. The van der Waals surface area contributed by atoms with Crippen LogP contribution in [0.2, 0.25) is 0 Å². The molecular weight excluding hydrogens is 407 g/mol. The molecule has 0 amide bonds. The highest BCUT2D eigenvalue weighted by Crippen LogP contribution is 2.32. The maximum atomic E-state index is 6.20. The van der Waals surface area contributed by atoms with Crippen molar-refractivity contribution in [3.63, 3.8) is 0 Å². The van der Waals surface area contributed by atoms with E-state index < -0.39 is 0 Å². The van der Waals surface area contributed by atoms with Crippen molar-refractivity contribution in [1.82, 2.24) is 0 Å². The lowest BCUT2D eigenvalue weighted by molar-refractivity contribution is 0.468. The number of hydrogen-bond donors (Lipinski definition) is 0. The smallest absolute Gasteiger partial charge is 0.143 e. The van der Waals surface area contributed by atoms with Gasteiger partial charge in [-0.2, -0.15) is 0 Å². The van der Waals surface area contributed by atoms with E-state index in [2.05, 4.69) is 36.4 Å². The van der Waals surface area contributed by atoms with E-state index in [-0.39, 0.29) is 0 Å². The molecule has 0 N–H and O–H groups in total. The van der Waals surface area contributed by atoms with Crippen LogP contribution in [0.3, 0.4) is 0 Å². The van der Waals surface area contributed by atoms with E-state index in [1.165, 1.54) is 10.8 Å². The summed E-state index contributed by atoms with van der Waals surface area (Å²) in [6.07, 6.45) is 0. The fourth-order valence-electron chi connectivity index (χ4n) is 3.47. The van der Waals surface area contributed by atoms with Crippen LogP contribution in [-0.4, -0.2) is 0 Å². The van der Waals surface area contributed by atoms with Gasteiger partial charge in [-0.05, 0) is 57.9 Å². The van der Waals surface area contributed by atoms with E-state index in [1.54, 1.807) is 0 Å². The Bertz CT molecular complexity index is 1280. The molecule has 30 heavy (non-hydrogen) atoms. The summed E-state index contributed by atoms with van der Waals surface area (Å²) in [5.74, 6) is 2.97. The molecule has 5 rings (SSSR count). The van der Waals surface area contributed by atoms with Crippen LogP contribution in [0.4, 0.5) is 0 Å². The van der Waals surface area contributed by atoms with E-state index in [9.17, 15) is 0 Å². The molecular formula is C26H17O2PS. The van der Waals surface area contributed by atoms with Gasteiger partial charge in [0.1, 0.15) is 23.0 Å². The lowest BCUT2D eigenvalue weighted by Gasteiger charge is -2.13. The number of fused-ring (bicyclic) bond motifs is 2. The van der Waals surface area contributed by atoms with Gasteiger partial charge in [0.05, 0.1) is 5.30 Å². The first kappa shape index (κ1) is 18.7. The van der Waals surface area contributed by atoms with Crippen molar-refractivity contribution in [3.8, 4) is 23.0 Å². The van der Waals surface area contributed by atoms with Crippen molar-refractivity contribution in [2.45, 2.75) is 0 Å². The lowest BCUT2D eigenvalue weighted by atomic mass is 10.1. The normalized spacial score (nSPS) is 11.1. The van der Waals surface area contributed by atoms with Gasteiger partial charge in [-0.25, -0.2) is 0 Å². The SMILES string of the molecule is S=Pc1c(Oc2ccc3ccccc3c2)cccc1Oc1ccc2ccccc2c1. The average Bonchev–Trinajstić information content (AvgIpc) is 2.79. The summed E-state index contributed by atoms with van der Waals surface area (Å²) in [4.78, 5) is 0. The molecule has 2 nitrogen and oxygen atoms in total. The molecule has 0 aliphatic rings. The zero-order chi connectivity index (χ0) is 20.3. The Hall–Kier alpha value is -3.26. The first-order valence-electron chi connectivity index (χ1n) is 9.60. The van der Waals surface area contributed by atoms with Crippen LogP contribution in [0.15, 0.2) is 103 Å². The van der Waals surface area contributed by atoms with Crippen LogP contribution in [0.1, 0.15) is 0 Å². The summed E-state index contributed by atoms with van der Waals surface area (Å²) in [6, 6.07) is 34.4. The van der Waals surface area contributed by atoms with E-state index >= 15 is 0 Å². The second kappa shape index (κ2) is 8.23. The predicted octanol–water partition coefficient (Wildman–Crippen LogP) is 7.61. The van der Waals surface area contributed by atoms with Crippen LogP contribution < -0.4 is 14.8 Å². The Balaban J connectivity index is 1.47. The molecule has 0 aliphatic heterocycles. The Morgan fingerprint density at radius 3 is 1.43 bits per heavy atom. The van der Waals surface area contributed by atoms with Gasteiger partial charge in [0.2, 0.25) is 0 Å². The van der Waals surface area contributed by atoms with Crippen LogP contribution in [0, 0.1) is 0 Å². The summed E-state index contributed by atoms with van der Waals surface area (Å²) in [7, 11) is 0.664. The maximum Gasteiger partial charge on any atom is 0.143 e. The zero-order valence-electron chi connectivity index (χ0n) is 16.0. The highest BCUT2D eigenvalue weighted by atomic mass is 32.4. The van der Waals surface area contributed by atoms with Crippen molar-refractivity contribution < 1.29 is 9.47 Å². The molecule has 0 saturated carbocycles. The molecule has 144 valence electrons. The van der Waals surface area contributed by atoms with Gasteiger partial charge in [0, 0.05) is 7.36 Å². The third-order valence-electron chi connectivity index (χ3n) is 4.95. The average molecular weight is 424 g/mol. The number of ether oxygens (including phenoxy) is 2. The molecule has 5 aromatic rings. The van der Waals surface area contributed by atoms with Crippen LogP contribution >= 0.6 is 7.36 Å². The van der Waals surface area contributed by atoms with Crippen LogP contribution in [-0.2, 0) is 11.8 Å². The van der Waals surface area contributed by atoms with Gasteiger partial charge >= 0.3 is 0 Å². The number of benzene rings is 5. The standard InChI is InChI=1S/C26H17O2PS/c30-29-26-24(27-22-14-12-18-6-1-3-8-20(18)16-22)10-5-11-25(26)28-23-15-13-19-7-2-4-9-21(19)17-23/h1-17H. The quantitative estimate of drug-likeness (QED) is 0.271. The first-order valence-corrected chi connectivity index (χ1v) is 11.5. The third kappa shape index (κ3) is 3.78. The minimum Gasteiger partial charge on any atom is -0.456 e. The van der Waals surface area contributed by atoms with Crippen LogP contribution in [0.25, 0.3) is 21.5 Å². The van der Waals surface area contributed by atoms with Crippen molar-refractivity contribution in [2.75, 3.05) is 0 Å². The second-order valence-electron chi connectivity index (χ2n) is 6.92. The molecule has 5 aromatic carbocycles. The van der Waals surface area contributed by atoms with E-state index in [1.807, 2.05) is 66.7 Å². The molecule has 0 bridgehead atoms. The van der Waals surface area contributed by atoms with Crippen molar-refractivity contribution in [2.24, 2.45) is 0 Å². The minimum atomic E-state index is 0.664. The van der Waals surface area contributed by atoms with E-state index in [4.69, 9.17) is 21.3 Å². The lowest BCUT2D eigenvalue weighted by Crippen LogP contribution is -2.03. The molecule has 0 spiro atoms. The predicted molar refractivity (Wildman–Crippen MR) is 128 cm³/mol. The van der Waals surface area contributed by atoms with Crippen molar-refractivity contribution in [1.29, 1.82) is 0 Å². The Kier molecular flexibility index (Phi) is 5.15. The van der Waals surface area contributed by atoms with Crippen LogP contribution in [0.5, 0.6) is 23.0 Å². The summed E-state index contributed by atoms with van der Waals surface area (Å²) in [5.41, 5.74) is 0. The largest absolute Gasteiger partial charge is 0.456 e. The van der Waals surface area contributed by atoms with Gasteiger partial charge in [-0.3, -0.25) is 0 Å². The second-order valence-corrected chi connectivity index (χ2v) is 8.09. The highest BCUT2D eigenvalue weighted by molar-refractivity contribution is 7.99. The summed E-state index contributed by atoms with van der Waals surface area (Å²) in [5, 5.41) is 5.47. The Morgan fingerprint density at radius 2 is 0.967 bits per heavy atom. The molecule has 0 atom stereocenters. The third-order valence-corrected chi connectivity index (χ3v) is 6.12. The van der Waals surface area contributed by atoms with E-state index in [0.29, 0.717) is 18.9 Å². The molecule has 4 heteroatoms. The summed E-state index contributed by atoms with van der Waals surface area (Å²) in [6.45, 7) is 0. The minimum absolute atomic E-state index is 0.664. The molecule has 0 unspecified atom stereocenters. The highest BCUT2D eigenvalue weighted by Gasteiger charge is 2.12.